The number of fused-ring (bicyclic) bond motifs is 1. The van der Waals surface area contributed by atoms with Crippen molar-refractivity contribution >= 4 is 26.8 Å². The second-order valence-electron chi connectivity index (χ2n) is 3.23. The molecule has 0 aliphatic rings. The van der Waals surface area contributed by atoms with Crippen molar-refractivity contribution in [1.29, 1.82) is 0 Å². The molecule has 80 valence electrons. The number of rotatable bonds is 3. The standard InChI is InChI=1S/C10H12BrN3O/c1-14-9-6-7(11)2-3-8(9)10(13-14)15-5-4-12/h2-3,6H,4-5,12H2,1H3. The Morgan fingerprint density at radius 1 is 1.53 bits per heavy atom. The van der Waals surface area contributed by atoms with Crippen LogP contribution in [0.1, 0.15) is 0 Å². The van der Waals surface area contributed by atoms with Crippen LogP contribution in [0.4, 0.5) is 0 Å². The first-order chi connectivity index (χ1) is 7.22. The zero-order valence-electron chi connectivity index (χ0n) is 8.40. The first-order valence-electron chi connectivity index (χ1n) is 4.67. The third-order valence-corrected chi connectivity index (χ3v) is 2.63. The fourth-order valence-corrected chi connectivity index (χ4v) is 1.81. The van der Waals surface area contributed by atoms with E-state index in [-0.39, 0.29) is 0 Å². The normalized spacial score (nSPS) is 10.9. The number of aromatic nitrogens is 2. The summed E-state index contributed by atoms with van der Waals surface area (Å²) in [6, 6.07) is 5.97. The number of benzene rings is 1. The van der Waals surface area contributed by atoms with E-state index in [2.05, 4.69) is 21.0 Å². The van der Waals surface area contributed by atoms with Crippen LogP contribution in [0.2, 0.25) is 0 Å². The molecule has 4 nitrogen and oxygen atoms in total. The summed E-state index contributed by atoms with van der Waals surface area (Å²) in [6.45, 7) is 0.983. The smallest absolute Gasteiger partial charge is 0.240 e. The van der Waals surface area contributed by atoms with Crippen LogP contribution >= 0.6 is 15.9 Å². The second kappa shape index (κ2) is 4.20. The van der Waals surface area contributed by atoms with Gasteiger partial charge in [0.1, 0.15) is 6.61 Å². The Labute approximate surface area is 96.1 Å². The third kappa shape index (κ3) is 1.98. The Morgan fingerprint density at radius 3 is 3.07 bits per heavy atom. The van der Waals surface area contributed by atoms with Gasteiger partial charge in [0.2, 0.25) is 5.88 Å². The van der Waals surface area contributed by atoms with E-state index in [1.165, 1.54) is 0 Å². The minimum Gasteiger partial charge on any atom is -0.475 e. The summed E-state index contributed by atoms with van der Waals surface area (Å²) in [7, 11) is 1.89. The second-order valence-corrected chi connectivity index (χ2v) is 4.14. The fraction of sp³-hybridized carbons (Fsp3) is 0.300. The summed E-state index contributed by atoms with van der Waals surface area (Å²) in [4.78, 5) is 0. The van der Waals surface area contributed by atoms with Crippen molar-refractivity contribution in [3.63, 3.8) is 0 Å². The first kappa shape index (κ1) is 10.4. The molecular formula is C10H12BrN3O. The highest BCUT2D eigenvalue weighted by atomic mass is 79.9. The summed E-state index contributed by atoms with van der Waals surface area (Å²) in [6.07, 6.45) is 0. The Morgan fingerprint density at radius 2 is 2.33 bits per heavy atom. The summed E-state index contributed by atoms with van der Waals surface area (Å²) >= 11 is 3.43. The van der Waals surface area contributed by atoms with Crippen LogP contribution < -0.4 is 10.5 Å². The van der Waals surface area contributed by atoms with E-state index < -0.39 is 0 Å². The third-order valence-electron chi connectivity index (χ3n) is 2.14. The van der Waals surface area contributed by atoms with Crippen molar-refractivity contribution in [1.82, 2.24) is 9.78 Å². The summed E-state index contributed by atoms with van der Waals surface area (Å²) in [5, 5.41) is 5.29. The number of hydrogen-bond acceptors (Lipinski definition) is 3. The maximum absolute atomic E-state index is 5.46. The van der Waals surface area contributed by atoms with Gasteiger partial charge in [0.25, 0.3) is 0 Å². The van der Waals surface area contributed by atoms with Gasteiger partial charge in [0.05, 0.1) is 10.9 Å². The molecular weight excluding hydrogens is 258 g/mol. The molecule has 0 aliphatic carbocycles. The largest absolute Gasteiger partial charge is 0.475 e. The van der Waals surface area contributed by atoms with Crippen LogP contribution in [-0.4, -0.2) is 22.9 Å². The van der Waals surface area contributed by atoms with Gasteiger partial charge < -0.3 is 10.5 Å². The average Bonchev–Trinajstić information content (AvgIpc) is 2.53. The molecule has 1 aromatic carbocycles. The van der Waals surface area contributed by atoms with Gasteiger partial charge in [-0.25, -0.2) is 0 Å². The molecule has 0 aliphatic heterocycles. The van der Waals surface area contributed by atoms with E-state index in [4.69, 9.17) is 10.5 Å². The summed E-state index contributed by atoms with van der Waals surface area (Å²) in [5.74, 6) is 0.644. The van der Waals surface area contributed by atoms with Crippen LogP contribution in [0, 0.1) is 0 Å². The number of halogens is 1. The number of aryl methyl sites for hydroxylation is 1. The van der Waals surface area contributed by atoms with E-state index >= 15 is 0 Å². The van der Waals surface area contributed by atoms with E-state index in [9.17, 15) is 0 Å². The maximum atomic E-state index is 5.46. The predicted octanol–water partition coefficient (Wildman–Crippen LogP) is 1.67. The molecule has 1 aromatic heterocycles. The summed E-state index contributed by atoms with van der Waals surface area (Å²) in [5.41, 5.74) is 6.42. The number of nitrogens with zero attached hydrogens (tertiary/aromatic N) is 2. The van der Waals surface area contributed by atoms with Gasteiger partial charge in [0, 0.05) is 18.1 Å². The number of hydrogen-bond donors (Lipinski definition) is 1. The van der Waals surface area contributed by atoms with Crippen molar-refractivity contribution < 1.29 is 4.74 Å². The fourth-order valence-electron chi connectivity index (χ4n) is 1.46. The molecule has 2 N–H and O–H groups in total. The van der Waals surface area contributed by atoms with Gasteiger partial charge >= 0.3 is 0 Å². The van der Waals surface area contributed by atoms with Gasteiger partial charge in [-0.1, -0.05) is 15.9 Å². The number of ether oxygens (including phenoxy) is 1. The number of nitrogens with two attached hydrogens (primary N) is 1. The Bertz CT molecular complexity index is 481. The maximum Gasteiger partial charge on any atom is 0.240 e. The first-order valence-corrected chi connectivity index (χ1v) is 5.47. The highest BCUT2D eigenvalue weighted by Gasteiger charge is 2.09. The Kier molecular flexibility index (Phi) is 2.93. The van der Waals surface area contributed by atoms with Crippen LogP contribution in [0.5, 0.6) is 5.88 Å². The Balaban J connectivity index is 2.48. The molecule has 0 spiro atoms. The molecule has 1 heterocycles. The SMILES string of the molecule is Cn1nc(OCCN)c2ccc(Br)cc21. The highest BCUT2D eigenvalue weighted by Crippen LogP contribution is 2.26. The van der Waals surface area contributed by atoms with Crippen LogP contribution in [0.3, 0.4) is 0 Å². The minimum absolute atomic E-state index is 0.488. The topological polar surface area (TPSA) is 53.1 Å². The summed E-state index contributed by atoms with van der Waals surface area (Å²) < 4.78 is 8.29. The molecule has 0 amide bonds. The Hall–Kier alpha value is -1.07. The van der Waals surface area contributed by atoms with Crippen LogP contribution in [0.15, 0.2) is 22.7 Å². The van der Waals surface area contributed by atoms with Gasteiger partial charge in [-0.2, -0.15) is 0 Å². The molecule has 5 heteroatoms. The van der Waals surface area contributed by atoms with Gasteiger partial charge in [0.15, 0.2) is 0 Å². The predicted molar refractivity (Wildman–Crippen MR) is 63.0 cm³/mol. The quantitative estimate of drug-likeness (QED) is 0.923. The molecule has 0 bridgehead atoms. The molecule has 0 fully saturated rings. The van der Waals surface area contributed by atoms with Gasteiger partial charge in [-0.05, 0) is 18.2 Å². The van der Waals surface area contributed by atoms with E-state index in [1.807, 2.05) is 25.2 Å². The molecule has 2 aromatic rings. The molecule has 0 atom stereocenters. The van der Waals surface area contributed by atoms with Gasteiger partial charge in [-0.15, -0.1) is 5.10 Å². The van der Waals surface area contributed by atoms with E-state index in [0.29, 0.717) is 19.0 Å². The lowest BCUT2D eigenvalue weighted by molar-refractivity contribution is 0.315. The van der Waals surface area contributed by atoms with Gasteiger partial charge in [-0.3, -0.25) is 4.68 Å². The minimum atomic E-state index is 0.488. The lowest BCUT2D eigenvalue weighted by Crippen LogP contribution is -2.11. The van der Waals surface area contributed by atoms with Crippen molar-refractivity contribution in [2.24, 2.45) is 12.8 Å². The van der Waals surface area contributed by atoms with E-state index in [1.54, 1.807) is 4.68 Å². The lowest BCUT2D eigenvalue weighted by atomic mass is 10.2. The van der Waals surface area contributed by atoms with Crippen molar-refractivity contribution in [2.75, 3.05) is 13.2 Å². The molecule has 15 heavy (non-hydrogen) atoms. The molecule has 0 saturated carbocycles. The average molecular weight is 270 g/mol. The highest BCUT2D eigenvalue weighted by molar-refractivity contribution is 9.10. The molecule has 0 saturated heterocycles. The van der Waals surface area contributed by atoms with Crippen LogP contribution in [-0.2, 0) is 7.05 Å². The van der Waals surface area contributed by atoms with E-state index in [0.717, 1.165) is 15.4 Å². The lowest BCUT2D eigenvalue weighted by Gasteiger charge is -1.99. The monoisotopic (exact) mass is 269 g/mol. The molecule has 0 radical (unpaired) electrons. The molecule has 0 unspecified atom stereocenters. The van der Waals surface area contributed by atoms with Crippen molar-refractivity contribution in [3.05, 3.63) is 22.7 Å². The van der Waals surface area contributed by atoms with Crippen LogP contribution in [0.25, 0.3) is 10.9 Å². The van der Waals surface area contributed by atoms with Crippen molar-refractivity contribution in [2.45, 2.75) is 0 Å². The molecule has 2 rings (SSSR count). The zero-order valence-corrected chi connectivity index (χ0v) is 9.99. The van der Waals surface area contributed by atoms with Crippen molar-refractivity contribution in [3.8, 4) is 5.88 Å². The zero-order chi connectivity index (χ0) is 10.8.